The zero-order valence-electron chi connectivity index (χ0n) is 20.1. The maximum atomic E-state index is 12.3. The molecule has 9 nitrogen and oxygen atoms in total. The Morgan fingerprint density at radius 1 is 1.15 bits per heavy atom. The number of urea groups is 1. The quantitative estimate of drug-likeness (QED) is 0.241. The highest BCUT2D eigenvalue weighted by molar-refractivity contribution is 5.91. The van der Waals surface area contributed by atoms with Gasteiger partial charge in [0.2, 0.25) is 0 Å². The lowest BCUT2D eigenvalue weighted by molar-refractivity contribution is 0.216. The number of amides is 2. The molecule has 1 aromatic heterocycles. The molecule has 0 fully saturated rings. The molecule has 0 atom stereocenters. The minimum Gasteiger partial charge on any atom is -0.496 e. The van der Waals surface area contributed by atoms with Crippen molar-refractivity contribution in [3.63, 3.8) is 0 Å². The first kappa shape index (κ1) is 24.6. The predicted octanol–water partition coefficient (Wildman–Crippen LogP) is 3.38. The Morgan fingerprint density at radius 2 is 1.91 bits per heavy atom. The first-order valence-electron chi connectivity index (χ1n) is 10.7. The van der Waals surface area contributed by atoms with Crippen molar-refractivity contribution in [3.05, 3.63) is 59.3 Å². The molecular weight excluding hydrogens is 432 g/mol. The van der Waals surface area contributed by atoms with Crippen LogP contribution < -0.4 is 26.2 Å². The largest absolute Gasteiger partial charge is 0.496 e. The number of rotatable bonds is 7. The van der Waals surface area contributed by atoms with Gasteiger partial charge >= 0.3 is 6.03 Å². The Hall–Kier alpha value is -4.00. The van der Waals surface area contributed by atoms with E-state index in [-0.39, 0.29) is 6.61 Å². The molecule has 0 radical (unpaired) electrons. The second-order valence-electron chi connectivity index (χ2n) is 7.78. The van der Waals surface area contributed by atoms with E-state index in [0.29, 0.717) is 29.3 Å². The highest BCUT2D eigenvalue weighted by Gasteiger charge is 2.21. The Kier molecular flexibility index (Phi) is 7.79. The monoisotopic (exact) mass is 462 g/mol. The molecule has 3 aromatic rings. The number of aromatic nitrogens is 2. The number of carbonyl (C=O) groups is 1. The minimum absolute atomic E-state index is 0.137. The van der Waals surface area contributed by atoms with Crippen LogP contribution in [0.5, 0.6) is 11.5 Å². The molecule has 0 aliphatic carbocycles. The predicted molar refractivity (Wildman–Crippen MR) is 132 cm³/mol. The van der Waals surface area contributed by atoms with E-state index in [9.17, 15) is 4.79 Å². The van der Waals surface area contributed by atoms with Gasteiger partial charge in [-0.2, -0.15) is 5.10 Å². The van der Waals surface area contributed by atoms with Gasteiger partial charge in [0, 0.05) is 18.8 Å². The van der Waals surface area contributed by atoms with Crippen LogP contribution in [0.1, 0.15) is 23.6 Å². The zero-order valence-corrected chi connectivity index (χ0v) is 20.1. The first-order valence-corrected chi connectivity index (χ1v) is 10.7. The third kappa shape index (κ3) is 5.31. The molecule has 1 heterocycles. The number of nitrogens with zero attached hydrogens (tertiary/aromatic N) is 4. The van der Waals surface area contributed by atoms with Gasteiger partial charge in [-0.3, -0.25) is 9.69 Å². The van der Waals surface area contributed by atoms with Crippen molar-refractivity contribution in [2.24, 2.45) is 11.7 Å². The van der Waals surface area contributed by atoms with Gasteiger partial charge in [0.1, 0.15) is 24.7 Å². The summed E-state index contributed by atoms with van der Waals surface area (Å²) in [7, 11) is 2.97. The van der Waals surface area contributed by atoms with E-state index in [0.717, 1.165) is 32.4 Å². The van der Waals surface area contributed by atoms with Crippen molar-refractivity contribution in [2.75, 3.05) is 19.2 Å². The number of anilines is 1. The number of carbonyl (C=O) groups excluding carboxylic acids is 1. The summed E-state index contributed by atoms with van der Waals surface area (Å²) in [4.78, 5) is 12.3. The van der Waals surface area contributed by atoms with Crippen molar-refractivity contribution in [3.8, 4) is 34.6 Å². The molecule has 178 valence electrons. The van der Waals surface area contributed by atoms with Gasteiger partial charge in [0.15, 0.2) is 0 Å². The minimum atomic E-state index is -0.574. The van der Waals surface area contributed by atoms with Crippen LogP contribution in [0.4, 0.5) is 10.5 Å². The summed E-state index contributed by atoms with van der Waals surface area (Å²) < 4.78 is 13.4. The number of hydrogen-bond donors (Lipinski definition) is 2. The molecule has 0 aliphatic heterocycles. The summed E-state index contributed by atoms with van der Waals surface area (Å²) in [5.74, 6) is 18.7. The third-order valence-corrected chi connectivity index (χ3v) is 5.28. The maximum absolute atomic E-state index is 12.3. The molecule has 0 saturated heterocycles. The second-order valence-corrected chi connectivity index (χ2v) is 7.78. The molecule has 0 bridgehead atoms. The molecule has 2 amide bonds. The summed E-state index contributed by atoms with van der Waals surface area (Å²) in [6.07, 6.45) is 1.99. The van der Waals surface area contributed by atoms with Crippen molar-refractivity contribution in [2.45, 2.75) is 33.9 Å². The number of hydrazine groups is 2. The Balaban J connectivity index is 1.85. The molecule has 0 spiro atoms. The van der Waals surface area contributed by atoms with E-state index in [2.05, 4.69) is 16.9 Å². The van der Waals surface area contributed by atoms with Gasteiger partial charge in [-0.25, -0.2) is 21.5 Å². The molecule has 0 aliphatic rings. The molecular formula is C25H30N6O3. The van der Waals surface area contributed by atoms with Crippen LogP contribution in [0.25, 0.3) is 11.3 Å². The van der Waals surface area contributed by atoms with Crippen LogP contribution in [-0.2, 0) is 13.2 Å². The first-order chi connectivity index (χ1) is 16.3. The fourth-order valence-electron chi connectivity index (χ4n) is 3.54. The van der Waals surface area contributed by atoms with Crippen LogP contribution in [0.2, 0.25) is 0 Å². The van der Waals surface area contributed by atoms with Crippen molar-refractivity contribution < 1.29 is 14.3 Å². The average Bonchev–Trinajstić information content (AvgIpc) is 3.20. The van der Waals surface area contributed by atoms with Gasteiger partial charge in [-0.1, -0.05) is 12.0 Å². The summed E-state index contributed by atoms with van der Waals surface area (Å²) in [6.45, 7) is 6.50. The Bertz CT molecular complexity index is 1240. The normalized spacial score (nSPS) is 10.3. The Morgan fingerprint density at radius 3 is 2.56 bits per heavy atom. The average molecular weight is 463 g/mol. The van der Waals surface area contributed by atoms with Gasteiger partial charge in [0.25, 0.3) is 0 Å². The molecule has 0 unspecified atom stereocenters. The van der Waals surface area contributed by atoms with Crippen LogP contribution in [0, 0.1) is 25.7 Å². The lowest BCUT2D eigenvalue weighted by Gasteiger charge is -2.24. The van der Waals surface area contributed by atoms with Crippen LogP contribution in [0.3, 0.4) is 0 Å². The molecule has 0 saturated carbocycles. The van der Waals surface area contributed by atoms with E-state index in [1.807, 2.05) is 49.8 Å². The van der Waals surface area contributed by atoms with E-state index >= 15 is 0 Å². The molecule has 4 N–H and O–H groups in total. The summed E-state index contributed by atoms with van der Waals surface area (Å²) in [5, 5.41) is 6.54. The van der Waals surface area contributed by atoms with Gasteiger partial charge < -0.3 is 9.47 Å². The number of benzene rings is 2. The summed E-state index contributed by atoms with van der Waals surface area (Å²) in [5.41, 5.74) is 4.97. The lowest BCUT2D eigenvalue weighted by Crippen LogP contribution is -2.49. The molecule has 2 aromatic carbocycles. The summed E-state index contributed by atoms with van der Waals surface area (Å²) in [6, 6.07) is 10.6. The van der Waals surface area contributed by atoms with Crippen LogP contribution in [-0.4, -0.2) is 35.0 Å². The number of aryl methyl sites for hydroxylation is 2. The highest BCUT2D eigenvalue weighted by atomic mass is 16.5. The number of methoxy groups -OCH3 is 1. The molecule has 9 heteroatoms. The maximum Gasteiger partial charge on any atom is 0.352 e. The van der Waals surface area contributed by atoms with Gasteiger partial charge in [0.05, 0.1) is 24.1 Å². The fourth-order valence-corrected chi connectivity index (χ4v) is 3.54. The van der Waals surface area contributed by atoms with Gasteiger partial charge in [-0.05, 0) is 62.2 Å². The SMILES string of the molecule is CC#CCn1cc(C)c(-c2ccc(OCc3c(OC)cccc3N(N)C(=O)N(C)N)c(C)c2)n1. The van der Waals surface area contributed by atoms with E-state index < -0.39 is 6.03 Å². The summed E-state index contributed by atoms with van der Waals surface area (Å²) >= 11 is 0. The number of nitrogens with two attached hydrogens (primary N) is 2. The smallest absolute Gasteiger partial charge is 0.352 e. The van der Waals surface area contributed by atoms with Crippen LogP contribution in [0.15, 0.2) is 42.6 Å². The molecule has 3 rings (SSSR count). The van der Waals surface area contributed by atoms with Crippen LogP contribution >= 0.6 is 0 Å². The third-order valence-electron chi connectivity index (χ3n) is 5.28. The fraction of sp³-hybridized carbons (Fsp3) is 0.280. The Labute approximate surface area is 199 Å². The van der Waals surface area contributed by atoms with E-state index in [1.54, 1.807) is 25.3 Å². The van der Waals surface area contributed by atoms with Crippen molar-refractivity contribution in [1.29, 1.82) is 0 Å². The second kappa shape index (κ2) is 10.7. The zero-order chi connectivity index (χ0) is 24.8. The van der Waals surface area contributed by atoms with Crippen molar-refractivity contribution in [1.82, 2.24) is 14.8 Å². The van der Waals surface area contributed by atoms with Crippen molar-refractivity contribution >= 4 is 11.7 Å². The van der Waals surface area contributed by atoms with E-state index in [1.165, 1.54) is 7.05 Å². The number of ether oxygens (including phenoxy) is 2. The lowest BCUT2D eigenvalue weighted by atomic mass is 10.1. The standard InChI is InChI=1S/C25H30N6O3/c1-6-7-13-30-15-18(3)24(28-30)19-11-12-22(17(2)14-19)34-16-20-21(9-8-10-23(20)33-5)31(27)25(32)29(4)26/h8-12,14-15H,13,16,26-27H2,1-5H3. The van der Waals surface area contributed by atoms with E-state index in [4.69, 9.17) is 21.2 Å². The highest BCUT2D eigenvalue weighted by Crippen LogP contribution is 2.32. The van der Waals surface area contributed by atoms with Gasteiger partial charge in [-0.15, -0.1) is 5.92 Å². The number of hydrogen-bond acceptors (Lipinski definition) is 6. The molecule has 34 heavy (non-hydrogen) atoms. The topological polar surface area (TPSA) is 112 Å².